The average Bonchev–Trinajstić information content (AvgIpc) is 3.06. The number of pyridine rings is 1. The normalized spacial score (nSPS) is 15.7. The molecule has 3 rings (SSSR count). The molecule has 0 N–H and O–H groups in total. The number of aromatic nitrogens is 3. The van der Waals surface area contributed by atoms with Gasteiger partial charge in [-0.2, -0.15) is 22.0 Å². The van der Waals surface area contributed by atoms with Crippen molar-refractivity contribution in [2.45, 2.75) is 12.3 Å². The Hall–Kier alpha value is -2.37. The minimum absolute atomic E-state index is 0.0999. The minimum atomic E-state index is -3.40. The van der Waals surface area contributed by atoms with E-state index in [1.165, 1.54) is 22.7 Å². The second-order valence-electron chi connectivity index (χ2n) is 6.57. The maximum Gasteiger partial charge on any atom is 0.281 e. The van der Waals surface area contributed by atoms with Crippen molar-refractivity contribution < 1.29 is 17.7 Å². The molecule has 0 spiro atoms. The van der Waals surface area contributed by atoms with Crippen LogP contribution < -0.4 is 0 Å². The Morgan fingerprint density at radius 2 is 1.93 bits per heavy atom. The highest BCUT2D eigenvalue weighted by Gasteiger charge is 2.40. The number of hydrogen-bond acceptors (Lipinski definition) is 7. The molecule has 2 aromatic rings. The van der Waals surface area contributed by atoms with Crippen molar-refractivity contribution in [2.24, 2.45) is 0 Å². The lowest BCUT2D eigenvalue weighted by molar-refractivity contribution is 0.0795. The van der Waals surface area contributed by atoms with Gasteiger partial charge in [0.05, 0.1) is 5.92 Å². The number of amides is 1. The summed E-state index contributed by atoms with van der Waals surface area (Å²) in [4.78, 5) is 22.1. The molecular weight excluding hydrogens is 372 g/mol. The first-order valence-corrected chi connectivity index (χ1v) is 9.84. The van der Waals surface area contributed by atoms with Gasteiger partial charge in [-0.05, 0) is 12.1 Å². The molecule has 1 amide bonds. The van der Waals surface area contributed by atoms with Gasteiger partial charge in [-0.1, -0.05) is 5.16 Å². The minimum Gasteiger partial charge on any atom is -0.341 e. The quantitative estimate of drug-likeness (QED) is 0.649. The Bertz CT molecular complexity index is 893. The Balaban J connectivity index is 1.51. The third kappa shape index (κ3) is 4.15. The van der Waals surface area contributed by atoms with E-state index in [9.17, 15) is 13.2 Å². The zero-order chi connectivity index (χ0) is 19.6. The molecule has 0 saturated carbocycles. The molecule has 1 fully saturated rings. The predicted octanol–water partition coefficient (Wildman–Crippen LogP) is -0.0151. The van der Waals surface area contributed by atoms with Crippen molar-refractivity contribution in [3.05, 3.63) is 41.8 Å². The van der Waals surface area contributed by atoms with E-state index in [0.717, 1.165) is 0 Å². The molecule has 146 valence electrons. The lowest BCUT2D eigenvalue weighted by Crippen LogP contribution is -2.52. The predicted molar refractivity (Wildman–Crippen MR) is 96.1 cm³/mol. The first-order chi connectivity index (χ1) is 12.8. The summed E-state index contributed by atoms with van der Waals surface area (Å²) in [5.41, 5.74) is 0.568. The van der Waals surface area contributed by atoms with Crippen molar-refractivity contribution in [1.82, 2.24) is 28.6 Å². The molecule has 2 aromatic heterocycles. The van der Waals surface area contributed by atoms with Gasteiger partial charge in [0.2, 0.25) is 5.89 Å². The second kappa shape index (κ2) is 7.71. The third-order valence-corrected chi connectivity index (χ3v) is 6.29. The van der Waals surface area contributed by atoms with Gasteiger partial charge in [0.1, 0.15) is 0 Å². The zero-order valence-electron chi connectivity index (χ0n) is 15.4. The first kappa shape index (κ1) is 19.4. The summed E-state index contributed by atoms with van der Waals surface area (Å²) in [5.74, 6) is 0.716. The summed E-state index contributed by atoms with van der Waals surface area (Å²) in [6, 6.07) is 3.32. The number of carbonyl (C=O) groups is 1. The van der Waals surface area contributed by atoms with Gasteiger partial charge in [0, 0.05) is 65.2 Å². The monoisotopic (exact) mass is 394 g/mol. The molecule has 0 radical (unpaired) electrons. The lowest BCUT2D eigenvalue weighted by atomic mass is 10.0. The molecular formula is C16H22N6O4S. The fourth-order valence-corrected chi connectivity index (χ4v) is 3.83. The van der Waals surface area contributed by atoms with Crippen LogP contribution in [0, 0.1) is 0 Å². The molecule has 0 aromatic carbocycles. The van der Waals surface area contributed by atoms with Crippen molar-refractivity contribution in [1.29, 1.82) is 0 Å². The maximum atomic E-state index is 12.3. The molecule has 10 nitrogen and oxygen atoms in total. The van der Waals surface area contributed by atoms with Crippen molar-refractivity contribution in [3.8, 4) is 0 Å². The van der Waals surface area contributed by atoms with Crippen LogP contribution in [0.1, 0.15) is 28.0 Å². The molecule has 11 heteroatoms. The number of rotatable bonds is 7. The standard InChI is InChI=1S/C16H22N6O4S/c1-20(2)27(24,25)22-10-13(11-22)15-18-14(19-26-15)6-9-21(3)16(23)12-4-7-17-8-5-12/h4-5,7-8,13H,6,9-11H2,1-3H3. The van der Waals surface area contributed by atoms with E-state index in [-0.39, 0.29) is 11.8 Å². The van der Waals surface area contributed by atoms with E-state index in [2.05, 4.69) is 15.1 Å². The zero-order valence-corrected chi connectivity index (χ0v) is 16.3. The van der Waals surface area contributed by atoms with Gasteiger partial charge >= 0.3 is 0 Å². The van der Waals surface area contributed by atoms with E-state index in [1.54, 1.807) is 36.5 Å². The summed E-state index contributed by atoms with van der Waals surface area (Å²) >= 11 is 0. The fraction of sp³-hybridized carbons (Fsp3) is 0.500. The van der Waals surface area contributed by atoms with E-state index in [0.29, 0.717) is 43.3 Å². The van der Waals surface area contributed by atoms with Gasteiger partial charge in [-0.3, -0.25) is 9.78 Å². The van der Waals surface area contributed by atoms with Gasteiger partial charge < -0.3 is 9.42 Å². The third-order valence-electron chi connectivity index (χ3n) is 4.41. The largest absolute Gasteiger partial charge is 0.341 e. The van der Waals surface area contributed by atoms with E-state index in [1.807, 2.05) is 0 Å². The van der Waals surface area contributed by atoms with Crippen LogP contribution in [0.5, 0.6) is 0 Å². The molecule has 0 bridgehead atoms. The van der Waals surface area contributed by atoms with Crippen LogP contribution in [0.2, 0.25) is 0 Å². The molecule has 1 aliphatic rings. The Morgan fingerprint density at radius 3 is 2.56 bits per heavy atom. The summed E-state index contributed by atoms with van der Waals surface area (Å²) in [7, 11) is 1.30. The molecule has 0 unspecified atom stereocenters. The molecule has 27 heavy (non-hydrogen) atoms. The van der Waals surface area contributed by atoms with E-state index in [4.69, 9.17) is 4.52 Å². The highest BCUT2D eigenvalue weighted by atomic mass is 32.2. The van der Waals surface area contributed by atoms with Gasteiger partial charge in [0.15, 0.2) is 5.82 Å². The number of carbonyl (C=O) groups excluding carboxylic acids is 1. The van der Waals surface area contributed by atoms with Crippen LogP contribution >= 0.6 is 0 Å². The Kier molecular flexibility index (Phi) is 5.53. The van der Waals surface area contributed by atoms with Crippen LogP contribution in [-0.2, 0) is 16.6 Å². The highest BCUT2D eigenvalue weighted by molar-refractivity contribution is 7.86. The molecule has 0 aliphatic carbocycles. The Morgan fingerprint density at radius 1 is 1.26 bits per heavy atom. The molecule has 1 aliphatic heterocycles. The summed E-state index contributed by atoms with van der Waals surface area (Å²) in [6.07, 6.45) is 3.60. The SMILES string of the molecule is CN(CCc1noc(C2CN(S(=O)(=O)N(C)C)C2)n1)C(=O)c1ccncc1. The topological polar surface area (TPSA) is 113 Å². The van der Waals surface area contributed by atoms with Gasteiger partial charge in [-0.25, -0.2) is 0 Å². The summed E-state index contributed by atoms with van der Waals surface area (Å²) < 4.78 is 31.8. The van der Waals surface area contributed by atoms with E-state index < -0.39 is 10.2 Å². The first-order valence-electron chi connectivity index (χ1n) is 8.44. The van der Waals surface area contributed by atoms with Crippen LogP contribution in [0.25, 0.3) is 0 Å². The molecule has 3 heterocycles. The number of nitrogens with zero attached hydrogens (tertiary/aromatic N) is 6. The van der Waals surface area contributed by atoms with Gasteiger partial charge in [-0.15, -0.1) is 0 Å². The summed E-state index contributed by atoms with van der Waals surface area (Å²) in [5, 5.41) is 3.93. The van der Waals surface area contributed by atoms with Crippen molar-refractivity contribution in [3.63, 3.8) is 0 Å². The lowest BCUT2D eigenvalue weighted by Gasteiger charge is -2.37. The van der Waals surface area contributed by atoms with Crippen LogP contribution in [-0.4, -0.2) is 83.7 Å². The summed E-state index contributed by atoms with van der Waals surface area (Å²) in [6.45, 7) is 1.08. The van der Waals surface area contributed by atoms with Crippen LogP contribution in [0.3, 0.4) is 0 Å². The molecule has 1 saturated heterocycles. The smallest absolute Gasteiger partial charge is 0.281 e. The second-order valence-corrected chi connectivity index (χ2v) is 8.71. The van der Waals surface area contributed by atoms with Gasteiger partial charge in [0.25, 0.3) is 16.1 Å². The van der Waals surface area contributed by atoms with Crippen LogP contribution in [0.4, 0.5) is 0 Å². The highest BCUT2D eigenvalue weighted by Crippen LogP contribution is 2.28. The number of hydrogen-bond donors (Lipinski definition) is 0. The maximum absolute atomic E-state index is 12.3. The Labute approximate surface area is 158 Å². The van der Waals surface area contributed by atoms with E-state index >= 15 is 0 Å². The average molecular weight is 394 g/mol. The molecule has 0 atom stereocenters. The van der Waals surface area contributed by atoms with Crippen molar-refractivity contribution in [2.75, 3.05) is 40.8 Å². The van der Waals surface area contributed by atoms with Crippen LogP contribution in [0.15, 0.2) is 29.0 Å². The fourth-order valence-electron chi connectivity index (χ4n) is 2.63. The number of likely N-dealkylation sites (N-methyl/N-ethyl adjacent to an activating group) is 1. The van der Waals surface area contributed by atoms with Crippen molar-refractivity contribution >= 4 is 16.1 Å².